The molecule has 122 valence electrons. The van der Waals surface area contributed by atoms with Gasteiger partial charge in [-0.1, -0.05) is 6.92 Å². The molecule has 1 aromatic heterocycles. The fourth-order valence-corrected chi connectivity index (χ4v) is 3.04. The highest BCUT2D eigenvalue weighted by molar-refractivity contribution is 7.94. The third-order valence-corrected chi connectivity index (χ3v) is 5.24. The van der Waals surface area contributed by atoms with E-state index in [2.05, 4.69) is 14.7 Å². The molecule has 22 heavy (non-hydrogen) atoms. The van der Waals surface area contributed by atoms with E-state index in [0.29, 0.717) is 12.3 Å². The summed E-state index contributed by atoms with van der Waals surface area (Å²) >= 11 is 0. The van der Waals surface area contributed by atoms with Crippen LogP contribution in [0.4, 0.5) is 5.95 Å². The maximum atomic E-state index is 12.3. The fraction of sp³-hybridized carbons (Fsp3) is 0.643. The number of aromatic nitrogens is 2. The molecule has 1 N–H and O–H groups in total. The van der Waals surface area contributed by atoms with E-state index in [1.54, 1.807) is 0 Å². The van der Waals surface area contributed by atoms with Gasteiger partial charge in [-0.2, -0.15) is 0 Å². The molecule has 1 aromatic rings. The number of nitrogens with one attached hydrogen (secondary N) is 1. The Labute approximate surface area is 131 Å². The lowest BCUT2D eigenvalue weighted by Gasteiger charge is -2.18. The van der Waals surface area contributed by atoms with E-state index >= 15 is 0 Å². The standard InChI is InChI=1S/C14H22N4O3S/c1-5-11-8-12(10-6-7-10)16-14(15-11)17-22(20,21)9(2)13(19)18(3)4/h8-10H,5-7H2,1-4H3,(H,15,16,17)/t9-/m0/s1. The SMILES string of the molecule is CCc1cc(C2CC2)nc(NS(=O)(=O)[C@@H](C)C(=O)N(C)C)n1. The highest BCUT2D eigenvalue weighted by atomic mass is 32.2. The topological polar surface area (TPSA) is 92.3 Å². The van der Waals surface area contributed by atoms with Gasteiger partial charge in [0, 0.05) is 31.4 Å². The summed E-state index contributed by atoms with van der Waals surface area (Å²) in [5, 5.41) is -1.19. The number of nitrogens with zero attached hydrogens (tertiary/aromatic N) is 3. The van der Waals surface area contributed by atoms with Crippen molar-refractivity contribution < 1.29 is 13.2 Å². The minimum Gasteiger partial charge on any atom is -0.348 e. The molecule has 0 saturated heterocycles. The average molecular weight is 326 g/mol. The van der Waals surface area contributed by atoms with Gasteiger partial charge in [0.15, 0.2) is 5.25 Å². The van der Waals surface area contributed by atoms with Gasteiger partial charge in [0.25, 0.3) is 0 Å². The van der Waals surface area contributed by atoms with Gasteiger partial charge in [-0.3, -0.25) is 9.52 Å². The lowest BCUT2D eigenvalue weighted by molar-refractivity contribution is -0.127. The van der Waals surface area contributed by atoms with Crippen LogP contribution in [0.3, 0.4) is 0 Å². The smallest absolute Gasteiger partial charge is 0.246 e. The molecule has 0 aromatic carbocycles. The quantitative estimate of drug-likeness (QED) is 0.846. The Morgan fingerprint density at radius 3 is 2.55 bits per heavy atom. The first-order chi connectivity index (χ1) is 10.2. The molecule has 1 atom stereocenters. The molecule has 7 nitrogen and oxygen atoms in total. The van der Waals surface area contributed by atoms with Gasteiger partial charge in [0.2, 0.25) is 21.9 Å². The Kier molecular flexibility index (Phi) is 4.69. The molecule has 1 amide bonds. The van der Waals surface area contributed by atoms with Gasteiger partial charge in [-0.05, 0) is 32.3 Å². The second kappa shape index (κ2) is 6.20. The molecule has 0 bridgehead atoms. The first kappa shape index (κ1) is 16.7. The largest absolute Gasteiger partial charge is 0.348 e. The van der Waals surface area contributed by atoms with Crippen molar-refractivity contribution >= 4 is 21.9 Å². The number of anilines is 1. The van der Waals surface area contributed by atoms with Crippen LogP contribution < -0.4 is 4.72 Å². The molecule has 8 heteroatoms. The molecule has 0 spiro atoms. The van der Waals surface area contributed by atoms with E-state index in [1.807, 2.05) is 13.0 Å². The fourth-order valence-electron chi connectivity index (χ4n) is 2.05. The van der Waals surface area contributed by atoms with Gasteiger partial charge in [-0.25, -0.2) is 18.4 Å². The van der Waals surface area contributed by atoms with Crippen LogP contribution in [-0.4, -0.2) is 48.5 Å². The van der Waals surface area contributed by atoms with Crippen molar-refractivity contribution in [2.24, 2.45) is 0 Å². The van der Waals surface area contributed by atoms with Crippen molar-refractivity contribution in [2.75, 3.05) is 18.8 Å². The van der Waals surface area contributed by atoms with Crippen LogP contribution in [-0.2, 0) is 21.2 Å². The summed E-state index contributed by atoms with van der Waals surface area (Å²) < 4.78 is 27.0. The van der Waals surface area contributed by atoms with Crippen molar-refractivity contribution in [3.63, 3.8) is 0 Å². The molecule has 0 unspecified atom stereocenters. The highest BCUT2D eigenvalue weighted by Crippen LogP contribution is 2.39. The van der Waals surface area contributed by atoms with Crippen molar-refractivity contribution in [2.45, 2.75) is 44.3 Å². The maximum Gasteiger partial charge on any atom is 0.246 e. The summed E-state index contributed by atoms with van der Waals surface area (Å²) in [6, 6.07) is 1.92. The van der Waals surface area contributed by atoms with Gasteiger partial charge >= 0.3 is 0 Å². The number of amides is 1. The number of carbonyl (C=O) groups is 1. The van der Waals surface area contributed by atoms with Crippen LogP contribution in [0.15, 0.2) is 6.07 Å². The van der Waals surface area contributed by atoms with E-state index in [0.717, 1.165) is 24.2 Å². The van der Waals surface area contributed by atoms with Gasteiger partial charge < -0.3 is 4.90 Å². The van der Waals surface area contributed by atoms with Gasteiger partial charge in [0.1, 0.15) is 0 Å². The molecular formula is C14H22N4O3S. The molecule has 1 aliphatic rings. The van der Waals surface area contributed by atoms with E-state index in [1.165, 1.54) is 25.9 Å². The number of sulfonamides is 1. The molecule has 1 saturated carbocycles. The predicted octanol–water partition coefficient (Wildman–Crippen LogP) is 1.13. The van der Waals surface area contributed by atoms with Crippen molar-refractivity contribution in [3.05, 3.63) is 17.5 Å². The number of hydrogen-bond donors (Lipinski definition) is 1. The molecule has 0 radical (unpaired) electrons. The Bertz CT molecular complexity index is 669. The number of rotatable bonds is 6. The zero-order valence-electron chi connectivity index (χ0n) is 13.3. The molecule has 1 fully saturated rings. The minimum absolute atomic E-state index is 0.0552. The van der Waals surface area contributed by atoms with Gasteiger partial charge in [-0.15, -0.1) is 0 Å². The predicted molar refractivity (Wildman–Crippen MR) is 84.1 cm³/mol. The normalized spacial score (nSPS) is 16.2. The average Bonchev–Trinajstić information content (AvgIpc) is 3.29. The van der Waals surface area contributed by atoms with E-state index in [9.17, 15) is 13.2 Å². The Hall–Kier alpha value is -1.70. The zero-order chi connectivity index (χ0) is 16.5. The molecule has 0 aliphatic heterocycles. The van der Waals surface area contributed by atoms with Crippen LogP contribution >= 0.6 is 0 Å². The van der Waals surface area contributed by atoms with Crippen LogP contribution in [0.2, 0.25) is 0 Å². The number of aryl methyl sites for hydroxylation is 1. The number of hydrogen-bond acceptors (Lipinski definition) is 5. The lowest BCUT2D eigenvalue weighted by atomic mass is 10.2. The molecule has 1 heterocycles. The maximum absolute atomic E-state index is 12.3. The monoisotopic (exact) mass is 326 g/mol. The Morgan fingerprint density at radius 2 is 2.05 bits per heavy atom. The van der Waals surface area contributed by atoms with Gasteiger partial charge in [0.05, 0.1) is 0 Å². The van der Waals surface area contributed by atoms with Crippen LogP contribution in [0.25, 0.3) is 0 Å². The van der Waals surface area contributed by atoms with Crippen LogP contribution in [0.5, 0.6) is 0 Å². The Morgan fingerprint density at radius 1 is 1.41 bits per heavy atom. The van der Waals surface area contributed by atoms with E-state index < -0.39 is 21.2 Å². The third kappa shape index (κ3) is 3.73. The Balaban J connectivity index is 2.25. The molecular weight excluding hydrogens is 304 g/mol. The van der Waals surface area contributed by atoms with Crippen molar-refractivity contribution in [1.82, 2.24) is 14.9 Å². The summed E-state index contributed by atoms with van der Waals surface area (Å²) in [6.45, 7) is 3.31. The molecule has 2 rings (SSSR count). The molecule has 1 aliphatic carbocycles. The summed E-state index contributed by atoms with van der Waals surface area (Å²) in [6.07, 6.45) is 2.84. The summed E-state index contributed by atoms with van der Waals surface area (Å²) in [5.74, 6) is -0.0291. The van der Waals surface area contributed by atoms with E-state index in [4.69, 9.17) is 0 Å². The summed E-state index contributed by atoms with van der Waals surface area (Å²) in [5.41, 5.74) is 1.66. The lowest BCUT2D eigenvalue weighted by Crippen LogP contribution is -2.40. The third-order valence-electron chi connectivity index (χ3n) is 3.64. The second-order valence-electron chi connectivity index (χ2n) is 5.76. The number of carbonyl (C=O) groups excluding carboxylic acids is 1. The van der Waals surface area contributed by atoms with Crippen molar-refractivity contribution in [3.8, 4) is 0 Å². The zero-order valence-corrected chi connectivity index (χ0v) is 14.1. The highest BCUT2D eigenvalue weighted by Gasteiger charge is 2.31. The first-order valence-corrected chi connectivity index (χ1v) is 8.90. The minimum atomic E-state index is -3.87. The summed E-state index contributed by atoms with van der Waals surface area (Å²) in [4.78, 5) is 21.6. The van der Waals surface area contributed by atoms with Crippen molar-refractivity contribution in [1.29, 1.82) is 0 Å². The van der Waals surface area contributed by atoms with Crippen LogP contribution in [0, 0.1) is 0 Å². The second-order valence-corrected chi connectivity index (χ2v) is 7.76. The summed E-state index contributed by atoms with van der Waals surface area (Å²) in [7, 11) is -0.828. The first-order valence-electron chi connectivity index (χ1n) is 7.35. The van der Waals surface area contributed by atoms with E-state index in [-0.39, 0.29) is 5.95 Å². The van der Waals surface area contributed by atoms with Crippen LogP contribution in [0.1, 0.15) is 44.0 Å².